The standard InChI is InChI=1S/C16H25N3O3S/c1-4-18(5-2)11-9-17-16(20)14-6-7-15-13(12-14)8-10-19(15)23(3,21)22/h6-7,12H,4-5,8-11H2,1-3H3,(H,17,20). The molecule has 23 heavy (non-hydrogen) atoms. The minimum absolute atomic E-state index is 0.113. The van der Waals surface area contributed by atoms with Gasteiger partial charge in [0.15, 0.2) is 0 Å². The average Bonchev–Trinajstić information content (AvgIpc) is 2.94. The van der Waals surface area contributed by atoms with E-state index >= 15 is 0 Å². The fourth-order valence-corrected chi connectivity index (χ4v) is 3.78. The molecular formula is C16H25N3O3S. The number of anilines is 1. The van der Waals surface area contributed by atoms with Crippen molar-refractivity contribution in [3.8, 4) is 0 Å². The van der Waals surface area contributed by atoms with Gasteiger partial charge in [0.05, 0.1) is 11.9 Å². The number of hydrogen-bond acceptors (Lipinski definition) is 4. The van der Waals surface area contributed by atoms with Crippen LogP contribution in [0, 0.1) is 0 Å². The highest BCUT2D eigenvalue weighted by atomic mass is 32.2. The largest absolute Gasteiger partial charge is 0.351 e. The van der Waals surface area contributed by atoms with E-state index in [0.29, 0.717) is 30.8 Å². The lowest BCUT2D eigenvalue weighted by Crippen LogP contribution is -2.34. The van der Waals surface area contributed by atoms with Crippen LogP contribution in [0.25, 0.3) is 0 Å². The Balaban J connectivity index is 2.01. The van der Waals surface area contributed by atoms with Crippen molar-refractivity contribution in [3.63, 3.8) is 0 Å². The number of amides is 1. The van der Waals surface area contributed by atoms with Crippen LogP contribution in [0.15, 0.2) is 18.2 Å². The van der Waals surface area contributed by atoms with Gasteiger partial charge in [-0.1, -0.05) is 13.8 Å². The molecule has 0 bridgehead atoms. The van der Waals surface area contributed by atoms with E-state index in [9.17, 15) is 13.2 Å². The molecule has 0 radical (unpaired) electrons. The molecule has 128 valence electrons. The van der Waals surface area contributed by atoms with Crippen molar-refractivity contribution in [3.05, 3.63) is 29.3 Å². The normalized spacial score (nSPS) is 14.2. The summed E-state index contributed by atoms with van der Waals surface area (Å²) in [6.07, 6.45) is 1.85. The van der Waals surface area contributed by atoms with Crippen LogP contribution in [-0.4, -0.2) is 58.2 Å². The van der Waals surface area contributed by atoms with Gasteiger partial charge >= 0.3 is 0 Å². The molecule has 1 amide bonds. The zero-order valence-electron chi connectivity index (χ0n) is 14.0. The zero-order chi connectivity index (χ0) is 17.0. The fourth-order valence-electron chi connectivity index (χ4n) is 2.83. The van der Waals surface area contributed by atoms with Crippen molar-refractivity contribution < 1.29 is 13.2 Å². The van der Waals surface area contributed by atoms with Crippen molar-refractivity contribution in [2.45, 2.75) is 20.3 Å². The maximum atomic E-state index is 12.2. The summed E-state index contributed by atoms with van der Waals surface area (Å²) in [6, 6.07) is 5.21. The molecule has 1 N–H and O–H groups in total. The van der Waals surface area contributed by atoms with Crippen LogP contribution in [0.5, 0.6) is 0 Å². The summed E-state index contributed by atoms with van der Waals surface area (Å²) < 4.78 is 24.8. The Hall–Kier alpha value is -1.60. The molecule has 1 aliphatic heterocycles. The smallest absolute Gasteiger partial charge is 0.251 e. The van der Waals surface area contributed by atoms with Crippen molar-refractivity contribution in [1.29, 1.82) is 0 Å². The fraction of sp³-hybridized carbons (Fsp3) is 0.562. The SMILES string of the molecule is CCN(CC)CCNC(=O)c1ccc2c(c1)CCN2S(C)(=O)=O. The monoisotopic (exact) mass is 339 g/mol. The molecule has 0 fully saturated rings. The lowest BCUT2D eigenvalue weighted by Gasteiger charge is -2.18. The van der Waals surface area contributed by atoms with Crippen LogP contribution >= 0.6 is 0 Å². The molecule has 1 heterocycles. The molecule has 0 atom stereocenters. The van der Waals surface area contributed by atoms with Crippen LogP contribution < -0.4 is 9.62 Å². The Kier molecular flexibility index (Phi) is 5.64. The van der Waals surface area contributed by atoms with Crippen LogP contribution in [0.3, 0.4) is 0 Å². The molecule has 0 saturated heterocycles. The van der Waals surface area contributed by atoms with Gasteiger partial charge in [0.25, 0.3) is 5.91 Å². The molecular weight excluding hydrogens is 314 g/mol. The van der Waals surface area contributed by atoms with Crippen molar-refractivity contribution in [2.75, 3.05) is 43.3 Å². The predicted octanol–water partition coefficient (Wildman–Crippen LogP) is 1.08. The summed E-state index contributed by atoms with van der Waals surface area (Å²) in [4.78, 5) is 14.5. The maximum Gasteiger partial charge on any atom is 0.251 e. The number of rotatable bonds is 7. The van der Waals surface area contributed by atoms with E-state index in [1.807, 2.05) is 0 Å². The topological polar surface area (TPSA) is 69.7 Å². The highest BCUT2D eigenvalue weighted by molar-refractivity contribution is 7.92. The number of carbonyl (C=O) groups is 1. The number of benzene rings is 1. The molecule has 1 aliphatic rings. The van der Waals surface area contributed by atoms with E-state index in [1.54, 1.807) is 18.2 Å². The van der Waals surface area contributed by atoms with E-state index < -0.39 is 10.0 Å². The van der Waals surface area contributed by atoms with Gasteiger partial charge in [-0.25, -0.2) is 8.42 Å². The third-order valence-electron chi connectivity index (χ3n) is 4.20. The molecule has 6 nitrogen and oxygen atoms in total. The second-order valence-corrected chi connectivity index (χ2v) is 7.62. The highest BCUT2D eigenvalue weighted by Crippen LogP contribution is 2.30. The lowest BCUT2D eigenvalue weighted by atomic mass is 10.1. The van der Waals surface area contributed by atoms with E-state index in [0.717, 1.165) is 25.2 Å². The third kappa shape index (κ3) is 4.23. The molecule has 1 aromatic rings. The Labute approximate surface area is 138 Å². The minimum atomic E-state index is -3.25. The van der Waals surface area contributed by atoms with Gasteiger partial charge in [0.2, 0.25) is 10.0 Å². The lowest BCUT2D eigenvalue weighted by molar-refractivity contribution is 0.0949. The second kappa shape index (κ2) is 7.31. The molecule has 0 aromatic heterocycles. The highest BCUT2D eigenvalue weighted by Gasteiger charge is 2.26. The summed E-state index contributed by atoms with van der Waals surface area (Å²) in [5.41, 5.74) is 2.18. The van der Waals surface area contributed by atoms with Crippen LogP contribution in [-0.2, 0) is 16.4 Å². The van der Waals surface area contributed by atoms with Gasteiger partial charge in [0.1, 0.15) is 0 Å². The predicted molar refractivity (Wildman–Crippen MR) is 92.5 cm³/mol. The summed E-state index contributed by atoms with van der Waals surface area (Å²) in [5.74, 6) is -0.113. The Morgan fingerprint density at radius 2 is 2.00 bits per heavy atom. The Morgan fingerprint density at radius 1 is 1.30 bits per heavy atom. The summed E-state index contributed by atoms with van der Waals surface area (Å²) >= 11 is 0. The van der Waals surface area contributed by atoms with E-state index in [-0.39, 0.29) is 5.91 Å². The van der Waals surface area contributed by atoms with Gasteiger partial charge in [-0.15, -0.1) is 0 Å². The molecule has 0 spiro atoms. The minimum Gasteiger partial charge on any atom is -0.351 e. The van der Waals surface area contributed by atoms with E-state index in [4.69, 9.17) is 0 Å². The number of hydrogen-bond donors (Lipinski definition) is 1. The maximum absolute atomic E-state index is 12.2. The van der Waals surface area contributed by atoms with Gasteiger partial charge in [0, 0.05) is 25.2 Å². The van der Waals surface area contributed by atoms with Crippen LogP contribution in [0.1, 0.15) is 29.8 Å². The molecule has 0 aliphatic carbocycles. The van der Waals surface area contributed by atoms with Gasteiger partial charge < -0.3 is 10.2 Å². The Morgan fingerprint density at radius 3 is 2.61 bits per heavy atom. The number of likely N-dealkylation sites (N-methyl/N-ethyl adjacent to an activating group) is 1. The number of sulfonamides is 1. The molecule has 2 rings (SSSR count). The van der Waals surface area contributed by atoms with Crippen molar-refractivity contribution in [1.82, 2.24) is 10.2 Å². The molecule has 7 heteroatoms. The molecule has 0 saturated carbocycles. The van der Waals surface area contributed by atoms with Crippen LogP contribution in [0.4, 0.5) is 5.69 Å². The first kappa shape index (κ1) is 17.7. The molecule has 0 unspecified atom stereocenters. The number of fused-ring (bicyclic) bond motifs is 1. The number of carbonyl (C=O) groups excluding carboxylic acids is 1. The van der Waals surface area contributed by atoms with Gasteiger partial charge in [-0.05, 0) is 43.3 Å². The second-order valence-electron chi connectivity index (χ2n) is 5.71. The van der Waals surface area contributed by atoms with Gasteiger partial charge in [-0.3, -0.25) is 9.10 Å². The first-order chi connectivity index (χ1) is 10.9. The van der Waals surface area contributed by atoms with Gasteiger partial charge in [-0.2, -0.15) is 0 Å². The van der Waals surface area contributed by atoms with Crippen LogP contribution in [0.2, 0.25) is 0 Å². The number of nitrogens with zero attached hydrogens (tertiary/aromatic N) is 2. The third-order valence-corrected chi connectivity index (χ3v) is 5.38. The summed E-state index contributed by atoms with van der Waals surface area (Å²) in [7, 11) is -3.25. The molecule has 1 aromatic carbocycles. The van der Waals surface area contributed by atoms with E-state index in [1.165, 1.54) is 10.6 Å². The van der Waals surface area contributed by atoms with Crippen molar-refractivity contribution >= 4 is 21.6 Å². The Bertz CT molecular complexity index is 669. The van der Waals surface area contributed by atoms with Crippen molar-refractivity contribution in [2.24, 2.45) is 0 Å². The summed E-state index contributed by atoms with van der Waals surface area (Å²) in [6.45, 7) is 8.00. The summed E-state index contributed by atoms with van der Waals surface area (Å²) in [5, 5.41) is 2.92. The van der Waals surface area contributed by atoms with E-state index in [2.05, 4.69) is 24.1 Å². The number of nitrogens with one attached hydrogen (secondary N) is 1. The quantitative estimate of drug-likeness (QED) is 0.807. The first-order valence-electron chi connectivity index (χ1n) is 7.98. The first-order valence-corrected chi connectivity index (χ1v) is 9.82. The average molecular weight is 339 g/mol. The zero-order valence-corrected chi connectivity index (χ0v) is 14.8.